The number of nitriles is 1. The Hall–Kier alpha value is -2.27. The van der Waals surface area contributed by atoms with Crippen molar-refractivity contribution in [1.29, 1.82) is 5.26 Å². The lowest BCUT2D eigenvalue weighted by atomic mass is 9.79. The maximum Gasteiger partial charge on any atom is 0.188 e. The van der Waals surface area contributed by atoms with Gasteiger partial charge < -0.3 is 4.74 Å². The Bertz CT molecular complexity index is 694. The van der Waals surface area contributed by atoms with Crippen LogP contribution in [0, 0.1) is 11.3 Å². The first-order chi connectivity index (χ1) is 10.6. The molecule has 0 saturated heterocycles. The third-order valence-corrected chi connectivity index (χ3v) is 4.29. The third-order valence-electron chi connectivity index (χ3n) is 4.29. The summed E-state index contributed by atoms with van der Waals surface area (Å²) in [5.74, 6) is 1.22. The average Bonchev–Trinajstić information content (AvgIpc) is 2.55. The minimum atomic E-state index is -0.793. The van der Waals surface area contributed by atoms with Gasteiger partial charge in [0, 0.05) is 5.92 Å². The van der Waals surface area contributed by atoms with Gasteiger partial charge in [-0.3, -0.25) is 0 Å². The highest BCUT2D eigenvalue weighted by molar-refractivity contribution is 5.41. The maximum atomic E-state index is 9.05. The second-order valence-electron chi connectivity index (χ2n) is 6.44. The van der Waals surface area contributed by atoms with Crippen LogP contribution in [-0.4, -0.2) is 5.60 Å². The van der Waals surface area contributed by atoms with E-state index in [-0.39, 0.29) is 0 Å². The van der Waals surface area contributed by atoms with E-state index in [9.17, 15) is 0 Å². The number of rotatable bonds is 3. The van der Waals surface area contributed by atoms with Crippen LogP contribution in [-0.2, 0) is 6.42 Å². The summed E-state index contributed by atoms with van der Waals surface area (Å²) in [6, 6.07) is 19.1. The topological polar surface area (TPSA) is 33.0 Å². The van der Waals surface area contributed by atoms with Gasteiger partial charge in [-0.25, -0.2) is 0 Å². The van der Waals surface area contributed by atoms with E-state index >= 15 is 0 Å². The molecule has 0 spiro atoms. The van der Waals surface area contributed by atoms with Gasteiger partial charge in [0.25, 0.3) is 0 Å². The molecule has 22 heavy (non-hydrogen) atoms. The summed E-state index contributed by atoms with van der Waals surface area (Å²) in [5.41, 5.74) is 3.47. The summed E-state index contributed by atoms with van der Waals surface area (Å²) in [4.78, 5) is 0. The predicted molar refractivity (Wildman–Crippen MR) is 88.0 cm³/mol. The fourth-order valence-electron chi connectivity index (χ4n) is 3.19. The Balaban J connectivity index is 1.84. The molecule has 3 rings (SSSR count). The fourth-order valence-corrected chi connectivity index (χ4v) is 3.19. The van der Waals surface area contributed by atoms with Gasteiger partial charge in [0.1, 0.15) is 11.8 Å². The lowest BCUT2D eigenvalue weighted by Crippen LogP contribution is -2.25. The first kappa shape index (κ1) is 14.7. The molecule has 0 unspecified atom stereocenters. The van der Waals surface area contributed by atoms with E-state index in [0.717, 1.165) is 5.75 Å². The molecule has 112 valence electrons. The second-order valence-corrected chi connectivity index (χ2v) is 6.44. The number of ether oxygens (including phenoxy) is 1. The van der Waals surface area contributed by atoms with Crippen molar-refractivity contribution in [2.75, 3.05) is 0 Å². The van der Waals surface area contributed by atoms with Crippen LogP contribution in [0.15, 0.2) is 48.5 Å². The molecule has 0 N–H and O–H groups in total. The summed E-state index contributed by atoms with van der Waals surface area (Å²) in [6.07, 6.45) is 3.62. The summed E-state index contributed by atoms with van der Waals surface area (Å²) in [5, 5.41) is 9.05. The second kappa shape index (κ2) is 5.85. The summed E-state index contributed by atoms with van der Waals surface area (Å²) < 4.78 is 5.70. The van der Waals surface area contributed by atoms with Crippen LogP contribution in [0.2, 0.25) is 0 Å². The van der Waals surface area contributed by atoms with Crippen LogP contribution < -0.4 is 4.74 Å². The van der Waals surface area contributed by atoms with Gasteiger partial charge in [-0.15, -0.1) is 0 Å². The molecule has 0 aliphatic heterocycles. The van der Waals surface area contributed by atoms with Gasteiger partial charge in [-0.2, -0.15) is 5.26 Å². The molecule has 2 aromatic carbocycles. The molecule has 1 atom stereocenters. The molecule has 2 aromatic rings. The monoisotopic (exact) mass is 291 g/mol. The van der Waals surface area contributed by atoms with E-state index in [4.69, 9.17) is 10.00 Å². The maximum absolute atomic E-state index is 9.05. The van der Waals surface area contributed by atoms with Crippen molar-refractivity contribution in [2.45, 2.75) is 44.6 Å². The number of fused-ring (bicyclic) bond motifs is 1. The van der Waals surface area contributed by atoms with Crippen molar-refractivity contribution in [3.05, 3.63) is 65.2 Å². The third kappa shape index (κ3) is 2.99. The van der Waals surface area contributed by atoms with Crippen molar-refractivity contribution in [2.24, 2.45) is 0 Å². The molecule has 1 aliphatic carbocycles. The van der Waals surface area contributed by atoms with Crippen molar-refractivity contribution in [3.63, 3.8) is 0 Å². The predicted octanol–water partition coefficient (Wildman–Crippen LogP) is 4.84. The highest BCUT2D eigenvalue weighted by Gasteiger charge is 2.22. The Kier molecular flexibility index (Phi) is 3.90. The lowest BCUT2D eigenvalue weighted by molar-refractivity contribution is 0.170. The Morgan fingerprint density at radius 1 is 1.09 bits per heavy atom. The molecular formula is C20H21NO. The van der Waals surface area contributed by atoms with Crippen LogP contribution >= 0.6 is 0 Å². The Morgan fingerprint density at radius 3 is 2.55 bits per heavy atom. The lowest BCUT2D eigenvalue weighted by Gasteiger charge is -2.26. The number of benzene rings is 2. The van der Waals surface area contributed by atoms with Gasteiger partial charge in [0.2, 0.25) is 0 Å². The first-order valence-corrected chi connectivity index (χ1v) is 7.87. The normalized spacial score (nSPS) is 17.4. The van der Waals surface area contributed by atoms with E-state index in [1.165, 1.54) is 36.0 Å². The van der Waals surface area contributed by atoms with Crippen molar-refractivity contribution in [3.8, 4) is 11.8 Å². The summed E-state index contributed by atoms with van der Waals surface area (Å²) in [6.45, 7) is 3.55. The molecule has 0 heterocycles. The number of hydrogen-bond donors (Lipinski definition) is 0. The van der Waals surface area contributed by atoms with E-state index in [2.05, 4.69) is 42.5 Å². The average molecular weight is 291 g/mol. The largest absolute Gasteiger partial charge is 0.473 e. The summed E-state index contributed by atoms with van der Waals surface area (Å²) >= 11 is 0. The van der Waals surface area contributed by atoms with E-state index in [1.54, 1.807) is 13.8 Å². The van der Waals surface area contributed by atoms with Crippen LogP contribution in [0.4, 0.5) is 0 Å². The van der Waals surface area contributed by atoms with Gasteiger partial charge >= 0.3 is 0 Å². The van der Waals surface area contributed by atoms with Gasteiger partial charge in [0.05, 0.1) is 0 Å². The van der Waals surface area contributed by atoms with Crippen LogP contribution in [0.25, 0.3) is 0 Å². The summed E-state index contributed by atoms with van der Waals surface area (Å²) in [7, 11) is 0. The Morgan fingerprint density at radius 2 is 1.82 bits per heavy atom. The molecule has 0 radical (unpaired) electrons. The highest BCUT2D eigenvalue weighted by Crippen LogP contribution is 2.37. The zero-order chi connectivity index (χ0) is 15.6. The zero-order valence-corrected chi connectivity index (χ0v) is 13.2. The molecule has 0 saturated carbocycles. The molecule has 0 fully saturated rings. The zero-order valence-electron chi connectivity index (χ0n) is 13.2. The van der Waals surface area contributed by atoms with Crippen LogP contribution in [0.3, 0.4) is 0 Å². The molecule has 2 heteroatoms. The number of aryl methyl sites for hydroxylation is 1. The standard InChI is InChI=1S/C20H21NO/c1-20(2,14-21)22-17-12-10-16(11-13-17)19-9-5-7-15-6-3-4-8-18(15)19/h3-4,6,8,10-13,19H,5,7,9H2,1-2H3/t19-/m0/s1. The number of nitrogens with zero attached hydrogens (tertiary/aromatic N) is 1. The van der Waals surface area contributed by atoms with Gasteiger partial charge in [-0.1, -0.05) is 36.4 Å². The molecule has 0 aromatic heterocycles. The SMILES string of the molecule is CC(C)(C#N)Oc1ccc([C@@H]2CCCc3ccccc32)cc1. The Labute approximate surface area is 132 Å². The van der Waals surface area contributed by atoms with E-state index < -0.39 is 5.60 Å². The van der Waals surface area contributed by atoms with Gasteiger partial charge in [0.15, 0.2) is 5.60 Å². The van der Waals surface area contributed by atoms with E-state index in [1.807, 2.05) is 12.1 Å². The quantitative estimate of drug-likeness (QED) is 0.811. The van der Waals surface area contributed by atoms with Gasteiger partial charge in [-0.05, 0) is 61.9 Å². The first-order valence-electron chi connectivity index (χ1n) is 7.87. The minimum absolute atomic E-state index is 0.475. The highest BCUT2D eigenvalue weighted by atomic mass is 16.5. The van der Waals surface area contributed by atoms with Crippen LogP contribution in [0.1, 0.15) is 49.3 Å². The van der Waals surface area contributed by atoms with E-state index in [0.29, 0.717) is 5.92 Å². The molecular weight excluding hydrogens is 270 g/mol. The molecule has 1 aliphatic rings. The fraction of sp³-hybridized carbons (Fsp3) is 0.350. The molecule has 0 amide bonds. The van der Waals surface area contributed by atoms with Crippen molar-refractivity contribution >= 4 is 0 Å². The smallest absolute Gasteiger partial charge is 0.188 e. The molecule has 0 bridgehead atoms. The minimum Gasteiger partial charge on any atom is -0.473 e. The van der Waals surface area contributed by atoms with Crippen LogP contribution in [0.5, 0.6) is 5.75 Å². The van der Waals surface area contributed by atoms with Crippen molar-refractivity contribution < 1.29 is 4.74 Å². The number of hydrogen-bond acceptors (Lipinski definition) is 2. The van der Waals surface area contributed by atoms with Crippen molar-refractivity contribution in [1.82, 2.24) is 0 Å². The molecule has 2 nitrogen and oxygen atoms in total.